The van der Waals surface area contributed by atoms with Gasteiger partial charge in [0.15, 0.2) is 0 Å². The molecule has 0 spiro atoms. The number of hydrogen-bond acceptors (Lipinski definition) is 3. The lowest BCUT2D eigenvalue weighted by molar-refractivity contribution is -0.0274. The van der Waals surface area contributed by atoms with Crippen molar-refractivity contribution in [2.75, 3.05) is 19.8 Å². The maximum absolute atomic E-state index is 5.60. The van der Waals surface area contributed by atoms with E-state index in [0.29, 0.717) is 12.5 Å². The minimum Gasteiger partial charge on any atom is -0.373 e. The van der Waals surface area contributed by atoms with Crippen LogP contribution in [0.1, 0.15) is 13.8 Å². The number of hydrogen-bond donors (Lipinski definition) is 0. The Morgan fingerprint density at radius 1 is 1.25 bits per heavy atom. The standard InChI is InChI=1S/C9H16O3/c1-3-10-7-5-12-8-6(2)4-11-9(7)8/h6-9H,3-5H2,1-2H3/t6-,7-,8-,9-/m1/s1. The van der Waals surface area contributed by atoms with Gasteiger partial charge in [0.1, 0.15) is 12.2 Å². The molecular formula is C9H16O3. The lowest BCUT2D eigenvalue weighted by atomic mass is 10.0. The van der Waals surface area contributed by atoms with E-state index < -0.39 is 0 Å². The molecule has 0 aromatic rings. The maximum atomic E-state index is 5.60. The van der Waals surface area contributed by atoms with Crippen molar-refractivity contribution in [1.82, 2.24) is 0 Å². The first-order chi connectivity index (χ1) is 5.83. The van der Waals surface area contributed by atoms with Crippen molar-refractivity contribution < 1.29 is 14.2 Å². The molecule has 0 N–H and O–H groups in total. The van der Waals surface area contributed by atoms with E-state index in [0.717, 1.165) is 13.2 Å². The summed E-state index contributed by atoms with van der Waals surface area (Å²) in [5.74, 6) is 0.528. The molecule has 0 aromatic carbocycles. The van der Waals surface area contributed by atoms with Gasteiger partial charge in [-0.2, -0.15) is 0 Å². The summed E-state index contributed by atoms with van der Waals surface area (Å²) in [6.07, 6.45) is 0.645. The Hall–Kier alpha value is -0.120. The Kier molecular flexibility index (Phi) is 2.35. The fourth-order valence-corrected chi connectivity index (χ4v) is 2.01. The van der Waals surface area contributed by atoms with Gasteiger partial charge in [0.2, 0.25) is 0 Å². The molecule has 0 radical (unpaired) electrons. The minimum atomic E-state index is 0.171. The van der Waals surface area contributed by atoms with Crippen molar-refractivity contribution in [2.24, 2.45) is 5.92 Å². The quantitative estimate of drug-likeness (QED) is 0.617. The largest absolute Gasteiger partial charge is 0.373 e. The first kappa shape index (κ1) is 8.48. The van der Waals surface area contributed by atoms with Gasteiger partial charge in [-0.3, -0.25) is 0 Å². The topological polar surface area (TPSA) is 27.7 Å². The van der Waals surface area contributed by atoms with Crippen molar-refractivity contribution in [1.29, 1.82) is 0 Å². The molecule has 2 aliphatic rings. The molecule has 2 heterocycles. The fourth-order valence-electron chi connectivity index (χ4n) is 2.01. The monoisotopic (exact) mass is 172 g/mol. The summed E-state index contributed by atoms with van der Waals surface area (Å²) < 4.78 is 16.7. The normalized spacial score (nSPS) is 46.5. The van der Waals surface area contributed by atoms with Gasteiger partial charge in [-0.1, -0.05) is 6.92 Å². The van der Waals surface area contributed by atoms with Crippen LogP contribution in [0, 0.1) is 5.92 Å². The van der Waals surface area contributed by atoms with Crippen molar-refractivity contribution in [3.8, 4) is 0 Å². The average molecular weight is 172 g/mol. The summed E-state index contributed by atoms with van der Waals surface area (Å²) in [6.45, 7) is 6.44. The van der Waals surface area contributed by atoms with E-state index in [9.17, 15) is 0 Å². The molecule has 0 bridgehead atoms. The summed E-state index contributed by atoms with van der Waals surface area (Å²) in [4.78, 5) is 0. The van der Waals surface area contributed by atoms with Crippen LogP contribution in [0.4, 0.5) is 0 Å². The van der Waals surface area contributed by atoms with E-state index in [-0.39, 0.29) is 18.3 Å². The van der Waals surface area contributed by atoms with Crippen LogP contribution in [0.2, 0.25) is 0 Å². The summed E-state index contributed by atoms with van der Waals surface area (Å²) in [6, 6.07) is 0. The Labute approximate surface area is 73.0 Å². The van der Waals surface area contributed by atoms with E-state index in [1.54, 1.807) is 0 Å². The van der Waals surface area contributed by atoms with Gasteiger partial charge < -0.3 is 14.2 Å². The van der Waals surface area contributed by atoms with Gasteiger partial charge in [0, 0.05) is 12.5 Å². The van der Waals surface area contributed by atoms with Crippen LogP contribution in [0.5, 0.6) is 0 Å². The second-order valence-electron chi connectivity index (χ2n) is 3.57. The van der Waals surface area contributed by atoms with Gasteiger partial charge in [0.25, 0.3) is 0 Å². The third-order valence-electron chi connectivity index (χ3n) is 2.64. The van der Waals surface area contributed by atoms with Crippen molar-refractivity contribution in [2.45, 2.75) is 32.2 Å². The molecule has 0 saturated carbocycles. The summed E-state index contributed by atoms with van der Waals surface area (Å²) in [5.41, 5.74) is 0. The number of ether oxygens (including phenoxy) is 3. The third-order valence-corrected chi connectivity index (χ3v) is 2.64. The first-order valence-electron chi connectivity index (χ1n) is 4.67. The lowest BCUT2D eigenvalue weighted by Crippen LogP contribution is -2.30. The molecule has 0 amide bonds. The average Bonchev–Trinajstić information content (AvgIpc) is 2.58. The Balaban J connectivity index is 1.96. The van der Waals surface area contributed by atoms with E-state index in [1.807, 2.05) is 6.92 Å². The number of fused-ring (bicyclic) bond motifs is 1. The molecule has 70 valence electrons. The molecule has 0 aromatic heterocycles. The Morgan fingerprint density at radius 3 is 2.75 bits per heavy atom. The van der Waals surface area contributed by atoms with Gasteiger partial charge >= 0.3 is 0 Å². The summed E-state index contributed by atoms with van der Waals surface area (Å²) >= 11 is 0. The first-order valence-corrected chi connectivity index (χ1v) is 4.67. The van der Waals surface area contributed by atoms with E-state index in [4.69, 9.17) is 14.2 Å². The van der Waals surface area contributed by atoms with Crippen LogP contribution in [0.25, 0.3) is 0 Å². The molecule has 3 heteroatoms. The molecular weight excluding hydrogens is 156 g/mol. The van der Waals surface area contributed by atoms with Crippen molar-refractivity contribution in [3.05, 3.63) is 0 Å². The van der Waals surface area contributed by atoms with Gasteiger partial charge in [-0.15, -0.1) is 0 Å². The zero-order chi connectivity index (χ0) is 8.55. The molecule has 2 rings (SSSR count). The van der Waals surface area contributed by atoms with Crippen LogP contribution < -0.4 is 0 Å². The van der Waals surface area contributed by atoms with Crippen LogP contribution in [0.3, 0.4) is 0 Å². The molecule has 4 atom stereocenters. The highest BCUT2D eigenvalue weighted by molar-refractivity contribution is 4.93. The number of rotatable bonds is 2. The van der Waals surface area contributed by atoms with Crippen LogP contribution in [-0.4, -0.2) is 38.1 Å². The molecule has 2 saturated heterocycles. The van der Waals surface area contributed by atoms with E-state index in [2.05, 4.69) is 6.92 Å². The second-order valence-corrected chi connectivity index (χ2v) is 3.57. The van der Waals surface area contributed by atoms with Gasteiger partial charge in [0.05, 0.1) is 19.3 Å². The van der Waals surface area contributed by atoms with Crippen molar-refractivity contribution in [3.63, 3.8) is 0 Å². The predicted molar refractivity (Wildman–Crippen MR) is 44.1 cm³/mol. The van der Waals surface area contributed by atoms with Crippen LogP contribution in [0.15, 0.2) is 0 Å². The van der Waals surface area contributed by atoms with Gasteiger partial charge in [-0.05, 0) is 6.92 Å². The smallest absolute Gasteiger partial charge is 0.112 e. The molecule has 0 unspecified atom stereocenters. The highest BCUT2D eigenvalue weighted by Crippen LogP contribution is 2.31. The minimum absolute atomic E-state index is 0.171. The highest BCUT2D eigenvalue weighted by atomic mass is 16.6. The molecule has 3 nitrogen and oxygen atoms in total. The van der Waals surface area contributed by atoms with E-state index >= 15 is 0 Å². The van der Waals surface area contributed by atoms with Crippen LogP contribution >= 0.6 is 0 Å². The van der Waals surface area contributed by atoms with Crippen LogP contribution in [-0.2, 0) is 14.2 Å². The van der Waals surface area contributed by atoms with E-state index in [1.165, 1.54) is 0 Å². The van der Waals surface area contributed by atoms with Gasteiger partial charge in [-0.25, -0.2) is 0 Å². The molecule has 12 heavy (non-hydrogen) atoms. The highest BCUT2D eigenvalue weighted by Gasteiger charge is 2.46. The predicted octanol–water partition coefficient (Wildman–Crippen LogP) is 0.825. The maximum Gasteiger partial charge on any atom is 0.112 e. The summed E-state index contributed by atoms with van der Waals surface area (Å²) in [7, 11) is 0. The molecule has 0 aliphatic carbocycles. The second kappa shape index (κ2) is 3.32. The third kappa shape index (κ3) is 1.26. The molecule has 2 fully saturated rings. The molecule has 2 aliphatic heterocycles. The fraction of sp³-hybridized carbons (Fsp3) is 1.00. The summed E-state index contributed by atoms with van der Waals surface area (Å²) in [5, 5.41) is 0. The Morgan fingerprint density at radius 2 is 2.00 bits per heavy atom. The zero-order valence-corrected chi connectivity index (χ0v) is 7.66. The zero-order valence-electron chi connectivity index (χ0n) is 7.66. The SMILES string of the molecule is CCO[C@@H]1CO[C@H]2[C@@H]1OC[C@H]2C. The Bertz CT molecular complexity index is 160. The van der Waals surface area contributed by atoms with Crippen molar-refractivity contribution >= 4 is 0 Å². The lowest BCUT2D eigenvalue weighted by Gasteiger charge is -2.15.